The molecule has 6 N–H and O–H groups in total. The van der Waals surface area contributed by atoms with Crippen molar-refractivity contribution in [3.8, 4) is 0 Å². The molecule has 0 aromatic rings. The summed E-state index contributed by atoms with van der Waals surface area (Å²) in [6, 6.07) is 0. The predicted molar refractivity (Wildman–Crippen MR) is 256 cm³/mol. The van der Waals surface area contributed by atoms with Crippen LogP contribution < -0.4 is 10.6 Å². The Morgan fingerprint density at radius 1 is 0.530 bits per heavy atom. The Hall–Kier alpha value is -1.32. The largest absolute Gasteiger partial charge is 0.393 e. The SMILES string of the molecule is C[C@H](CCC(=O)NCCS(=O)(=O)O)[C@H]1CC[C@H]2C3[C@@H](O)CC4CC(C5CC[C@@]6(C)C(C5)C[C@H](O)C5[C@@H]7CC[C@H]([C@H](C)CCC(=O)NCCS(=O)(=O)O)[C@@]7(C)CC[C@@H]56)CC[C@]4(C)[C@H]3CC[C@]12C. The van der Waals surface area contributed by atoms with E-state index in [-0.39, 0.29) is 58.8 Å². The van der Waals surface area contributed by atoms with Gasteiger partial charge in [0.25, 0.3) is 20.2 Å². The van der Waals surface area contributed by atoms with Crippen molar-refractivity contribution in [2.75, 3.05) is 24.6 Å². The molecule has 0 aliphatic heterocycles. The van der Waals surface area contributed by atoms with Crippen LogP contribution in [0.3, 0.4) is 0 Å². The average Bonchev–Trinajstić information content (AvgIpc) is 3.78. The van der Waals surface area contributed by atoms with E-state index in [9.17, 15) is 36.6 Å². The van der Waals surface area contributed by atoms with E-state index in [0.717, 1.165) is 51.4 Å². The molecule has 0 aromatic carbocycles. The maximum absolute atomic E-state index is 12.6. The topological polar surface area (TPSA) is 207 Å². The number of carbonyl (C=O) groups is 2. The minimum atomic E-state index is -4.10. The standard InChI is InChI=1S/C52H88N2O10S2/c1-31(7-13-45(57)53-23-25-65(59,60)61)37-9-11-39-47-41(17-21-51(37,39)5)49(3)19-15-33(27-35(49)29-43(47)55)34-16-20-50(4)36(28-34)30-44(56)48-40-12-10-38(52(40,6)22-18-42(48)50)32(2)8-14-46(58)54-24-26-66(62,63)64/h31-44,47-48,55-56H,7-30H2,1-6H3,(H,53,57)(H,54,58)(H,59,60,61)(H,62,63,64)/t31-,32-,33?,34?,35?,36?,37-,38-,39+,40+,41+,42+,43+,44+,47?,48?,49+,50+,51-,52-/m1/s1. The molecule has 8 saturated carbocycles. The lowest BCUT2D eigenvalue weighted by molar-refractivity contribution is -0.183. The molecule has 0 spiro atoms. The number of amides is 2. The Balaban J connectivity index is 0.848. The lowest BCUT2D eigenvalue weighted by Crippen LogP contribution is -2.59. The second-order valence-corrected chi connectivity index (χ2v) is 28.6. The fourth-order valence-corrected chi connectivity index (χ4v) is 20.0. The van der Waals surface area contributed by atoms with Crippen LogP contribution in [0.2, 0.25) is 0 Å². The van der Waals surface area contributed by atoms with E-state index in [0.29, 0.717) is 95.7 Å². The first kappa shape index (κ1) is 51.0. The van der Waals surface area contributed by atoms with Crippen LogP contribution in [0.4, 0.5) is 0 Å². The van der Waals surface area contributed by atoms with Crippen molar-refractivity contribution in [3.63, 3.8) is 0 Å². The van der Waals surface area contributed by atoms with Gasteiger partial charge >= 0.3 is 0 Å². The molecule has 0 saturated heterocycles. The quantitative estimate of drug-likeness (QED) is 0.0866. The maximum atomic E-state index is 12.6. The van der Waals surface area contributed by atoms with Gasteiger partial charge in [0.15, 0.2) is 0 Å². The minimum Gasteiger partial charge on any atom is -0.393 e. The molecule has 8 rings (SSSR count). The van der Waals surface area contributed by atoms with Gasteiger partial charge in [-0.05, 0) is 220 Å². The number of rotatable bonds is 15. The summed E-state index contributed by atoms with van der Waals surface area (Å²) in [5, 5.41) is 29.8. The summed E-state index contributed by atoms with van der Waals surface area (Å²) in [7, 11) is -8.21. The first-order valence-corrected chi connectivity index (χ1v) is 29.9. The fourth-order valence-electron chi connectivity index (χ4n) is 19.3. The summed E-state index contributed by atoms with van der Waals surface area (Å²) in [4.78, 5) is 25.1. The molecule has 20 atom stereocenters. The van der Waals surface area contributed by atoms with Crippen molar-refractivity contribution in [2.45, 2.75) is 182 Å². The molecule has 8 aliphatic rings. The van der Waals surface area contributed by atoms with Gasteiger partial charge in [-0.25, -0.2) is 0 Å². The molecule has 0 aromatic heterocycles. The first-order chi connectivity index (χ1) is 30.9. The normalized spacial score (nSPS) is 46.3. The van der Waals surface area contributed by atoms with E-state index in [2.05, 4.69) is 52.2 Å². The third kappa shape index (κ3) is 9.71. The molecule has 12 nitrogen and oxygen atoms in total. The van der Waals surface area contributed by atoms with Crippen LogP contribution in [-0.4, -0.2) is 84.8 Å². The summed E-state index contributed by atoms with van der Waals surface area (Å²) >= 11 is 0. The Labute approximate surface area is 398 Å². The average molecular weight is 965 g/mol. The van der Waals surface area contributed by atoms with Gasteiger partial charge in [0.2, 0.25) is 11.8 Å². The third-order valence-electron chi connectivity index (χ3n) is 22.7. The van der Waals surface area contributed by atoms with Crippen molar-refractivity contribution >= 4 is 32.1 Å². The van der Waals surface area contributed by atoms with Crippen LogP contribution in [0.5, 0.6) is 0 Å². The summed E-state index contributed by atoms with van der Waals surface area (Å²) in [5.41, 5.74) is 0.809. The Bertz CT molecular complexity index is 1860. The second-order valence-electron chi connectivity index (χ2n) is 25.4. The zero-order valence-electron chi connectivity index (χ0n) is 41.3. The van der Waals surface area contributed by atoms with Crippen LogP contribution >= 0.6 is 0 Å². The Morgan fingerprint density at radius 3 is 1.24 bits per heavy atom. The van der Waals surface area contributed by atoms with Crippen molar-refractivity contribution in [1.82, 2.24) is 10.6 Å². The smallest absolute Gasteiger partial charge is 0.266 e. The molecule has 66 heavy (non-hydrogen) atoms. The van der Waals surface area contributed by atoms with Gasteiger partial charge in [-0.3, -0.25) is 18.7 Å². The summed E-state index contributed by atoms with van der Waals surface area (Å²) < 4.78 is 62.4. The molecule has 0 heterocycles. The lowest BCUT2D eigenvalue weighted by atomic mass is 9.41. The zero-order valence-corrected chi connectivity index (χ0v) is 42.9. The Morgan fingerprint density at radius 2 is 0.879 bits per heavy atom. The van der Waals surface area contributed by atoms with Gasteiger partial charge in [-0.1, -0.05) is 41.5 Å². The summed E-state index contributed by atoms with van der Waals surface area (Å²) in [6.07, 6.45) is 20.4. The van der Waals surface area contributed by atoms with Crippen LogP contribution in [0.25, 0.3) is 0 Å². The third-order valence-corrected chi connectivity index (χ3v) is 24.1. The maximum Gasteiger partial charge on any atom is 0.266 e. The van der Waals surface area contributed by atoms with Crippen LogP contribution in [-0.2, 0) is 29.8 Å². The number of hydrogen-bond donors (Lipinski definition) is 6. The van der Waals surface area contributed by atoms with Gasteiger partial charge in [0, 0.05) is 25.9 Å². The molecule has 8 fully saturated rings. The van der Waals surface area contributed by atoms with E-state index in [1.807, 2.05) is 0 Å². The minimum absolute atomic E-state index is 0.0751. The van der Waals surface area contributed by atoms with E-state index in [1.165, 1.54) is 64.2 Å². The van der Waals surface area contributed by atoms with Crippen LogP contribution in [0.15, 0.2) is 0 Å². The van der Waals surface area contributed by atoms with Crippen molar-refractivity contribution in [2.24, 2.45) is 105 Å². The van der Waals surface area contributed by atoms with E-state index in [4.69, 9.17) is 9.11 Å². The predicted octanol–water partition coefficient (Wildman–Crippen LogP) is 8.32. The number of aliphatic hydroxyl groups is 2. The lowest BCUT2D eigenvalue weighted by Gasteiger charge is -2.64. The van der Waals surface area contributed by atoms with Gasteiger partial charge in [-0.2, -0.15) is 16.8 Å². The highest BCUT2D eigenvalue weighted by molar-refractivity contribution is 7.86. The van der Waals surface area contributed by atoms with Gasteiger partial charge in [-0.15, -0.1) is 0 Å². The molecular weight excluding hydrogens is 877 g/mol. The van der Waals surface area contributed by atoms with Crippen molar-refractivity contribution < 1.29 is 45.7 Å². The fraction of sp³-hybridized carbons (Fsp3) is 0.962. The summed E-state index contributed by atoms with van der Waals surface area (Å²) in [6.45, 7) is 14.6. The van der Waals surface area contributed by atoms with Crippen LogP contribution in [0, 0.1) is 105 Å². The van der Waals surface area contributed by atoms with Gasteiger partial charge < -0.3 is 20.8 Å². The zero-order chi connectivity index (χ0) is 47.8. The number of hydrogen-bond acceptors (Lipinski definition) is 8. The number of nitrogens with one attached hydrogen (secondary N) is 2. The van der Waals surface area contributed by atoms with E-state index >= 15 is 0 Å². The highest BCUT2D eigenvalue weighted by atomic mass is 32.2. The molecule has 0 bridgehead atoms. The van der Waals surface area contributed by atoms with Gasteiger partial charge in [0.1, 0.15) is 0 Å². The molecule has 2 amide bonds. The monoisotopic (exact) mass is 965 g/mol. The first-order valence-electron chi connectivity index (χ1n) is 26.7. The molecular formula is C52H88N2O10S2. The molecule has 0 radical (unpaired) electrons. The summed E-state index contributed by atoms with van der Waals surface area (Å²) in [5.74, 6) is 5.70. The second kappa shape index (κ2) is 19.0. The highest BCUT2D eigenvalue weighted by Gasteiger charge is 2.65. The highest BCUT2D eigenvalue weighted by Crippen LogP contribution is 2.72. The number of fused-ring (bicyclic) bond motifs is 10. The van der Waals surface area contributed by atoms with E-state index < -0.39 is 31.7 Å². The van der Waals surface area contributed by atoms with Crippen molar-refractivity contribution in [3.05, 3.63) is 0 Å². The van der Waals surface area contributed by atoms with Crippen LogP contribution in [0.1, 0.15) is 170 Å². The molecule has 378 valence electrons. The number of aliphatic hydroxyl groups excluding tert-OH is 2. The number of carbonyl (C=O) groups excluding carboxylic acids is 2. The molecule has 14 heteroatoms. The molecule has 6 unspecified atom stereocenters. The van der Waals surface area contributed by atoms with Crippen molar-refractivity contribution in [1.29, 1.82) is 0 Å². The Kier molecular flexibility index (Phi) is 14.7. The van der Waals surface area contributed by atoms with Gasteiger partial charge in [0.05, 0.1) is 23.7 Å². The van der Waals surface area contributed by atoms with E-state index in [1.54, 1.807) is 0 Å². The molecule has 8 aliphatic carbocycles.